The summed E-state index contributed by atoms with van der Waals surface area (Å²) in [6, 6.07) is 3.83. The molecule has 0 bridgehead atoms. The molecule has 0 aromatic heterocycles. The third-order valence-corrected chi connectivity index (χ3v) is 3.82. The van der Waals surface area contributed by atoms with Gasteiger partial charge in [-0.3, -0.25) is 4.79 Å². The third kappa shape index (κ3) is 3.91. The Morgan fingerprint density at radius 3 is 2.32 bits per heavy atom. The third-order valence-electron chi connectivity index (χ3n) is 2.99. The lowest BCUT2D eigenvalue weighted by molar-refractivity contribution is 0.112. The Labute approximate surface area is 117 Å². The van der Waals surface area contributed by atoms with E-state index in [-0.39, 0.29) is 5.41 Å². The van der Waals surface area contributed by atoms with Gasteiger partial charge in [-0.15, -0.1) is 0 Å². The first-order valence-electron chi connectivity index (χ1n) is 6.58. The topological polar surface area (TPSA) is 35.5 Å². The van der Waals surface area contributed by atoms with Crippen LogP contribution in [0.5, 0.6) is 5.75 Å². The van der Waals surface area contributed by atoms with Gasteiger partial charge < -0.3 is 9.16 Å². The molecule has 0 amide bonds. The number of carbonyl (C=O) groups is 1. The summed E-state index contributed by atoms with van der Waals surface area (Å²) in [4.78, 5) is 11.1. The molecule has 0 atom stereocenters. The van der Waals surface area contributed by atoms with Crippen LogP contribution in [0, 0.1) is 0 Å². The minimum Gasteiger partial charge on any atom is -0.496 e. The summed E-state index contributed by atoms with van der Waals surface area (Å²) in [6.07, 6.45) is 0.835. The standard InChI is InChI=1S/C15H24O3Si/c1-15(2,3)13-8-7-11(9-16)14(17-4)12(13)10-18-19(5)6/h7-9,19H,10H2,1-6H3. The molecular weight excluding hydrogens is 256 g/mol. The van der Waals surface area contributed by atoms with Gasteiger partial charge in [0.15, 0.2) is 15.3 Å². The van der Waals surface area contributed by atoms with E-state index in [1.807, 2.05) is 12.1 Å². The molecule has 1 rings (SSSR count). The van der Waals surface area contributed by atoms with Gasteiger partial charge in [-0.1, -0.05) is 26.8 Å². The zero-order valence-electron chi connectivity index (χ0n) is 12.7. The maximum atomic E-state index is 11.1. The van der Waals surface area contributed by atoms with Crippen molar-refractivity contribution in [2.75, 3.05) is 7.11 Å². The molecule has 0 radical (unpaired) electrons. The number of hydrogen-bond donors (Lipinski definition) is 0. The van der Waals surface area contributed by atoms with Crippen LogP contribution in [-0.4, -0.2) is 22.4 Å². The van der Waals surface area contributed by atoms with Gasteiger partial charge in [0.25, 0.3) is 0 Å². The van der Waals surface area contributed by atoms with Crippen LogP contribution in [0.25, 0.3) is 0 Å². The highest BCUT2D eigenvalue weighted by molar-refractivity contribution is 6.48. The number of ether oxygens (including phenoxy) is 1. The Kier molecular flexibility index (Phi) is 5.32. The highest BCUT2D eigenvalue weighted by atomic mass is 28.3. The van der Waals surface area contributed by atoms with Gasteiger partial charge >= 0.3 is 0 Å². The highest BCUT2D eigenvalue weighted by Crippen LogP contribution is 2.34. The van der Waals surface area contributed by atoms with E-state index in [1.165, 1.54) is 5.56 Å². The van der Waals surface area contributed by atoms with Crippen LogP contribution >= 0.6 is 0 Å². The van der Waals surface area contributed by atoms with E-state index in [0.29, 0.717) is 17.9 Å². The van der Waals surface area contributed by atoms with Gasteiger partial charge in [-0.05, 0) is 30.1 Å². The molecule has 0 aliphatic heterocycles. The quantitative estimate of drug-likeness (QED) is 0.613. The first kappa shape index (κ1) is 15.9. The Hall–Kier alpha value is -1.13. The maximum Gasteiger partial charge on any atom is 0.171 e. The summed E-state index contributed by atoms with van der Waals surface area (Å²) in [6.45, 7) is 11.2. The van der Waals surface area contributed by atoms with Crippen molar-refractivity contribution in [3.8, 4) is 5.75 Å². The Balaban J connectivity index is 3.35. The first-order chi connectivity index (χ1) is 8.81. The SMILES string of the molecule is COc1c(C=O)ccc(C(C)(C)C)c1CO[SiH](C)C. The number of methoxy groups -OCH3 is 1. The second-order valence-electron chi connectivity index (χ2n) is 5.94. The average molecular weight is 280 g/mol. The predicted octanol–water partition coefficient (Wildman–Crippen LogP) is 3.31. The molecule has 0 saturated heterocycles. The smallest absolute Gasteiger partial charge is 0.171 e. The monoisotopic (exact) mass is 280 g/mol. The molecule has 1 aromatic rings. The summed E-state index contributed by atoms with van der Waals surface area (Å²) >= 11 is 0. The molecule has 4 heteroatoms. The van der Waals surface area contributed by atoms with Gasteiger partial charge in [0.2, 0.25) is 0 Å². The number of aldehydes is 1. The second kappa shape index (κ2) is 6.35. The van der Waals surface area contributed by atoms with Crippen molar-refractivity contribution in [2.45, 2.75) is 45.9 Å². The molecule has 0 N–H and O–H groups in total. The maximum absolute atomic E-state index is 11.1. The molecule has 0 aliphatic carbocycles. The molecule has 0 fully saturated rings. The molecule has 0 saturated carbocycles. The van der Waals surface area contributed by atoms with Gasteiger partial charge in [-0.2, -0.15) is 0 Å². The minimum atomic E-state index is -1.12. The number of hydrogen-bond acceptors (Lipinski definition) is 3. The van der Waals surface area contributed by atoms with Crippen molar-refractivity contribution < 1.29 is 14.0 Å². The van der Waals surface area contributed by atoms with Gasteiger partial charge in [0.1, 0.15) is 5.75 Å². The normalized spacial score (nSPS) is 11.7. The zero-order valence-corrected chi connectivity index (χ0v) is 13.9. The van der Waals surface area contributed by atoms with Crippen molar-refractivity contribution in [3.05, 3.63) is 28.8 Å². The lowest BCUT2D eigenvalue weighted by atomic mass is 9.83. The van der Waals surface area contributed by atoms with Crippen molar-refractivity contribution in [1.29, 1.82) is 0 Å². The van der Waals surface area contributed by atoms with Crippen LogP contribution in [0.1, 0.15) is 42.3 Å². The predicted molar refractivity (Wildman–Crippen MR) is 80.7 cm³/mol. The lowest BCUT2D eigenvalue weighted by Crippen LogP contribution is -2.18. The van der Waals surface area contributed by atoms with E-state index < -0.39 is 9.04 Å². The molecule has 3 nitrogen and oxygen atoms in total. The largest absolute Gasteiger partial charge is 0.496 e. The van der Waals surface area contributed by atoms with Crippen molar-refractivity contribution >= 4 is 15.3 Å². The van der Waals surface area contributed by atoms with Crippen molar-refractivity contribution in [1.82, 2.24) is 0 Å². The van der Waals surface area contributed by atoms with Crippen LogP contribution < -0.4 is 4.74 Å². The number of rotatable bonds is 5. The van der Waals surface area contributed by atoms with Crippen molar-refractivity contribution in [3.63, 3.8) is 0 Å². The van der Waals surface area contributed by atoms with E-state index >= 15 is 0 Å². The van der Waals surface area contributed by atoms with Crippen molar-refractivity contribution in [2.24, 2.45) is 0 Å². The fourth-order valence-electron chi connectivity index (χ4n) is 2.08. The summed E-state index contributed by atoms with van der Waals surface area (Å²) in [5, 5.41) is 0. The van der Waals surface area contributed by atoms with Crippen LogP contribution in [0.15, 0.2) is 12.1 Å². The van der Waals surface area contributed by atoms with Gasteiger partial charge in [0, 0.05) is 5.56 Å². The van der Waals surface area contributed by atoms with E-state index in [0.717, 1.165) is 11.8 Å². The van der Waals surface area contributed by atoms with E-state index in [2.05, 4.69) is 33.9 Å². The molecule has 106 valence electrons. The minimum absolute atomic E-state index is 0.00801. The Morgan fingerprint density at radius 1 is 1.26 bits per heavy atom. The fourth-order valence-corrected chi connectivity index (χ4v) is 2.58. The molecule has 0 heterocycles. The molecule has 0 aliphatic rings. The van der Waals surface area contributed by atoms with Gasteiger partial charge in [-0.25, -0.2) is 0 Å². The summed E-state index contributed by atoms with van der Waals surface area (Å²) in [7, 11) is 0.487. The van der Waals surface area contributed by atoms with E-state index in [9.17, 15) is 4.79 Å². The Bertz CT molecular complexity index is 447. The van der Waals surface area contributed by atoms with E-state index in [4.69, 9.17) is 9.16 Å². The Morgan fingerprint density at radius 2 is 1.89 bits per heavy atom. The molecule has 0 spiro atoms. The summed E-state index contributed by atoms with van der Waals surface area (Å²) in [5.41, 5.74) is 2.75. The zero-order chi connectivity index (χ0) is 14.6. The fraction of sp³-hybridized carbons (Fsp3) is 0.533. The highest BCUT2D eigenvalue weighted by Gasteiger charge is 2.23. The van der Waals surface area contributed by atoms with E-state index in [1.54, 1.807) is 7.11 Å². The van der Waals surface area contributed by atoms with Crippen LogP contribution in [0.3, 0.4) is 0 Å². The summed E-state index contributed by atoms with van der Waals surface area (Å²) < 4.78 is 11.3. The number of benzene rings is 1. The van der Waals surface area contributed by atoms with Crippen LogP contribution in [-0.2, 0) is 16.4 Å². The molecular formula is C15H24O3Si. The molecule has 19 heavy (non-hydrogen) atoms. The van der Waals surface area contributed by atoms with Gasteiger partial charge in [0.05, 0.1) is 19.3 Å². The average Bonchev–Trinajstić information content (AvgIpc) is 2.33. The summed E-state index contributed by atoms with van der Waals surface area (Å²) in [5.74, 6) is 0.650. The molecule has 0 unspecified atom stereocenters. The lowest BCUT2D eigenvalue weighted by Gasteiger charge is -2.25. The van der Waals surface area contributed by atoms with Crippen LogP contribution in [0.4, 0.5) is 0 Å². The number of carbonyl (C=O) groups excluding carboxylic acids is 1. The molecule has 1 aromatic carbocycles. The second-order valence-corrected chi connectivity index (χ2v) is 8.37. The van der Waals surface area contributed by atoms with Crippen LogP contribution in [0.2, 0.25) is 13.1 Å². The first-order valence-corrected chi connectivity index (χ1v) is 9.36.